The Labute approximate surface area is 250 Å². The van der Waals surface area contributed by atoms with Crippen LogP contribution >= 0.6 is 10.8 Å². The van der Waals surface area contributed by atoms with Gasteiger partial charge in [0.25, 0.3) is 5.56 Å². The van der Waals surface area contributed by atoms with Gasteiger partial charge in [-0.25, -0.2) is 9.18 Å². The summed E-state index contributed by atoms with van der Waals surface area (Å²) >= 11 is 0. The number of hydrogen-bond donors (Lipinski definition) is 4. The van der Waals surface area contributed by atoms with Gasteiger partial charge >= 0.3 is 12.3 Å². The van der Waals surface area contributed by atoms with Crippen molar-refractivity contribution < 1.29 is 36.2 Å². The van der Waals surface area contributed by atoms with Gasteiger partial charge in [-0.05, 0) is 57.0 Å². The molecule has 238 valence electrons. The number of likely N-dealkylation sites (tertiary alicyclic amines) is 1. The number of ether oxygens (including phenoxy) is 1. The minimum Gasteiger partial charge on any atom is -0.444 e. The van der Waals surface area contributed by atoms with Gasteiger partial charge in [-0.1, -0.05) is 0 Å². The van der Waals surface area contributed by atoms with Crippen molar-refractivity contribution in [3.05, 3.63) is 46.4 Å². The molecule has 44 heavy (non-hydrogen) atoms. The average molecular weight is 642 g/mol. The molecule has 4 heterocycles. The number of nitrogens with one attached hydrogen (secondary N) is 2. The summed E-state index contributed by atoms with van der Waals surface area (Å²) < 4.78 is 83.5. The second-order valence-corrected chi connectivity index (χ2v) is 13.8. The molecule has 4 N–H and O–H groups in total. The van der Waals surface area contributed by atoms with E-state index in [1.54, 1.807) is 20.8 Å². The molecule has 0 aliphatic carbocycles. The van der Waals surface area contributed by atoms with Crippen molar-refractivity contribution in [1.29, 1.82) is 5.26 Å². The van der Waals surface area contributed by atoms with Crippen LogP contribution in [0.1, 0.15) is 39.2 Å². The maximum atomic E-state index is 16.2. The molecule has 1 saturated heterocycles. The van der Waals surface area contributed by atoms with Crippen LogP contribution < -0.4 is 10.9 Å². The van der Waals surface area contributed by atoms with E-state index in [1.807, 2.05) is 6.07 Å². The summed E-state index contributed by atoms with van der Waals surface area (Å²) in [5.74, 6) is -0.0161. The van der Waals surface area contributed by atoms with Crippen LogP contribution in [0.5, 0.6) is 0 Å². The number of pyridine rings is 1. The molecule has 0 bridgehead atoms. The number of anilines is 2. The monoisotopic (exact) mass is 641 g/mol. The Hall–Kier alpha value is -3.85. The van der Waals surface area contributed by atoms with Gasteiger partial charge in [-0.2, -0.15) is 27.8 Å². The summed E-state index contributed by atoms with van der Waals surface area (Å²) in [4.78, 5) is 29.4. The molecule has 0 spiro atoms. The van der Waals surface area contributed by atoms with Gasteiger partial charge < -0.3 is 19.9 Å². The fraction of sp³-hybridized carbons (Fsp3) is 0.481. The lowest BCUT2D eigenvalue weighted by Crippen LogP contribution is -2.56. The predicted octanol–water partition coefficient (Wildman–Crippen LogP) is 5.46. The average Bonchev–Trinajstić information content (AvgIpc) is 3.38. The van der Waals surface area contributed by atoms with Crippen LogP contribution in [0.4, 0.5) is 33.9 Å². The highest BCUT2D eigenvalue weighted by Gasteiger charge is 2.49. The van der Waals surface area contributed by atoms with E-state index >= 15 is 4.39 Å². The van der Waals surface area contributed by atoms with Gasteiger partial charge in [0.1, 0.15) is 29.2 Å². The molecular formula is C27H31F4N7O5S. The quantitative estimate of drug-likeness (QED) is 0.265. The summed E-state index contributed by atoms with van der Waals surface area (Å²) in [5.41, 5.74) is -2.20. The van der Waals surface area contributed by atoms with Crippen LogP contribution in [0.3, 0.4) is 0 Å². The Morgan fingerprint density at radius 2 is 2.02 bits per heavy atom. The number of aromatic nitrogens is 3. The highest BCUT2D eigenvalue weighted by atomic mass is 32.3. The van der Waals surface area contributed by atoms with Gasteiger partial charge in [0.2, 0.25) is 0 Å². The van der Waals surface area contributed by atoms with E-state index < -0.39 is 52.5 Å². The maximum Gasteiger partial charge on any atom is 0.410 e. The van der Waals surface area contributed by atoms with Crippen molar-refractivity contribution >= 4 is 39.3 Å². The molecule has 2 aliphatic rings. The number of nitrogens with zero attached hydrogens (tertiary/aromatic N) is 5. The largest absolute Gasteiger partial charge is 0.444 e. The smallest absolute Gasteiger partial charge is 0.410 e. The van der Waals surface area contributed by atoms with Gasteiger partial charge in [0, 0.05) is 25.0 Å². The van der Waals surface area contributed by atoms with Crippen LogP contribution in [0, 0.1) is 11.3 Å². The zero-order valence-electron chi connectivity index (χ0n) is 24.0. The van der Waals surface area contributed by atoms with Crippen LogP contribution in [0.2, 0.25) is 0 Å². The molecule has 3 aromatic rings. The van der Waals surface area contributed by atoms with E-state index in [4.69, 9.17) is 4.74 Å². The van der Waals surface area contributed by atoms with Gasteiger partial charge in [-0.15, -0.1) is 10.8 Å². The van der Waals surface area contributed by atoms with E-state index in [0.29, 0.717) is 4.31 Å². The highest BCUT2D eigenvalue weighted by molar-refractivity contribution is 8.22. The SMILES string of the molecule is CC(C)(C)OC(=O)N1CCC(CC#N)(n2nc(Nc3ccc4c(c3)CN(CC(F)(F)F)S4(O)O)c3c(=O)[nH]ccc32)C(F)C1. The number of alkyl halides is 4. The lowest BCUT2D eigenvalue weighted by atomic mass is 9.83. The number of nitriles is 1. The molecule has 12 nitrogen and oxygen atoms in total. The molecule has 5 rings (SSSR count). The number of piperidine rings is 1. The number of rotatable bonds is 5. The molecular weight excluding hydrogens is 610 g/mol. The first kappa shape index (κ1) is 31.6. The van der Waals surface area contributed by atoms with E-state index in [0.717, 1.165) is 0 Å². The lowest BCUT2D eigenvalue weighted by Gasteiger charge is -2.43. The zero-order valence-corrected chi connectivity index (χ0v) is 24.8. The van der Waals surface area contributed by atoms with E-state index in [1.165, 1.54) is 40.0 Å². The first-order chi connectivity index (χ1) is 20.4. The number of benzene rings is 1. The van der Waals surface area contributed by atoms with Crippen molar-refractivity contribution in [2.24, 2.45) is 0 Å². The number of halogens is 4. The fourth-order valence-electron chi connectivity index (χ4n) is 5.54. The maximum absolute atomic E-state index is 16.2. The second kappa shape index (κ2) is 10.9. The molecule has 2 atom stereocenters. The standard InChI is InChI=1S/C27H31F4N7O5S/c1-25(2,3)43-24(40)36-11-8-26(7-9-32,20(28)14-36)38-18-6-10-33-23(39)21(18)22(35-38)34-17-4-5-19-16(12-17)13-37(44(19,41)42)15-27(29,30)31/h4-6,10,12,20,41-42H,7-8,11,13-15H2,1-3H3,(H,33,39)(H,34,35). The molecule has 2 aromatic heterocycles. The number of amides is 1. The van der Waals surface area contributed by atoms with Crippen molar-refractivity contribution in [2.75, 3.05) is 25.0 Å². The number of carbonyl (C=O) groups excluding carboxylic acids is 1. The summed E-state index contributed by atoms with van der Waals surface area (Å²) in [6.07, 6.45) is -6.12. The number of hydrogen-bond acceptors (Lipinski definition) is 9. The summed E-state index contributed by atoms with van der Waals surface area (Å²) in [7, 11) is -3.86. The first-order valence-corrected chi connectivity index (χ1v) is 15.1. The summed E-state index contributed by atoms with van der Waals surface area (Å²) in [5, 5.41) is 17.3. The number of H-pyrrole nitrogens is 1. The van der Waals surface area contributed by atoms with Gasteiger partial charge in [0.15, 0.2) is 5.82 Å². The molecule has 0 saturated carbocycles. The van der Waals surface area contributed by atoms with Gasteiger partial charge in [-0.3, -0.25) is 18.6 Å². The first-order valence-electron chi connectivity index (χ1n) is 13.5. The molecule has 1 aromatic carbocycles. The Balaban J connectivity index is 1.50. The highest BCUT2D eigenvalue weighted by Crippen LogP contribution is 2.59. The van der Waals surface area contributed by atoms with Crippen molar-refractivity contribution in [2.45, 2.75) is 68.5 Å². The Bertz CT molecular complexity index is 1700. The fourth-order valence-corrected chi connectivity index (χ4v) is 7.19. The summed E-state index contributed by atoms with van der Waals surface area (Å²) in [6, 6.07) is 7.62. The number of fused-ring (bicyclic) bond motifs is 2. The molecule has 1 amide bonds. The van der Waals surface area contributed by atoms with Crippen LogP contribution in [0.15, 0.2) is 40.2 Å². The van der Waals surface area contributed by atoms with Crippen LogP contribution in [-0.4, -0.2) is 76.8 Å². The minimum absolute atomic E-state index is 0.0161. The van der Waals surface area contributed by atoms with Crippen molar-refractivity contribution in [3.63, 3.8) is 0 Å². The van der Waals surface area contributed by atoms with E-state index in [2.05, 4.69) is 15.4 Å². The third-order valence-electron chi connectivity index (χ3n) is 7.52. The minimum atomic E-state index is -4.66. The molecule has 2 aliphatic heterocycles. The van der Waals surface area contributed by atoms with Crippen LogP contribution in [-0.2, 0) is 16.8 Å². The van der Waals surface area contributed by atoms with E-state index in [-0.39, 0.29) is 65.3 Å². The predicted molar refractivity (Wildman–Crippen MR) is 153 cm³/mol. The third-order valence-corrected chi connectivity index (χ3v) is 9.49. The normalized spacial score (nSPS) is 22.8. The van der Waals surface area contributed by atoms with Crippen molar-refractivity contribution in [1.82, 2.24) is 24.0 Å². The topological polar surface area (TPSA) is 160 Å². The Kier molecular flexibility index (Phi) is 7.85. The van der Waals surface area contributed by atoms with Crippen LogP contribution in [0.25, 0.3) is 10.9 Å². The zero-order chi connectivity index (χ0) is 32.2. The summed E-state index contributed by atoms with van der Waals surface area (Å²) in [6.45, 7) is 2.84. The molecule has 1 fully saturated rings. The Morgan fingerprint density at radius 1 is 1.30 bits per heavy atom. The molecule has 0 radical (unpaired) electrons. The molecule has 17 heteroatoms. The van der Waals surface area contributed by atoms with Gasteiger partial charge in [0.05, 0.1) is 29.4 Å². The van der Waals surface area contributed by atoms with E-state index in [9.17, 15) is 37.1 Å². The number of carbonyl (C=O) groups is 1. The third kappa shape index (κ3) is 5.82. The number of aromatic amines is 1. The Morgan fingerprint density at radius 3 is 2.66 bits per heavy atom. The second-order valence-electron chi connectivity index (χ2n) is 11.8. The molecule has 2 unspecified atom stereocenters. The van der Waals surface area contributed by atoms with Crippen molar-refractivity contribution in [3.8, 4) is 6.07 Å². The lowest BCUT2D eigenvalue weighted by molar-refractivity contribution is -0.137.